The lowest BCUT2D eigenvalue weighted by Crippen LogP contribution is -2.20. The highest BCUT2D eigenvalue weighted by Crippen LogP contribution is 2.25. The van der Waals surface area contributed by atoms with Gasteiger partial charge in [-0.1, -0.05) is 38.8 Å². The van der Waals surface area contributed by atoms with E-state index in [1.807, 2.05) is 0 Å². The number of ether oxygens (including phenoxy) is 1. The molecule has 0 aliphatic carbocycles. The largest absolute Gasteiger partial charge is 0.496 e. The van der Waals surface area contributed by atoms with Crippen molar-refractivity contribution in [1.29, 1.82) is 0 Å². The first kappa shape index (κ1) is 14.0. The van der Waals surface area contributed by atoms with Gasteiger partial charge in [0.25, 0.3) is 0 Å². The topological polar surface area (TPSA) is 21.3 Å². The smallest absolute Gasteiger partial charge is 0.121 e. The third-order valence-corrected chi connectivity index (χ3v) is 3.12. The second-order valence-corrected chi connectivity index (χ2v) is 4.48. The number of hydrogen-bond donors (Lipinski definition) is 1. The molecule has 0 saturated carbocycles. The van der Waals surface area contributed by atoms with E-state index in [0.29, 0.717) is 6.04 Å². The minimum absolute atomic E-state index is 0.476. The minimum Gasteiger partial charge on any atom is -0.496 e. The Morgan fingerprint density at radius 2 is 2.06 bits per heavy atom. The number of rotatable bonds is 7. The van der Waals surface area contributed by atoms with Crippen LogP contribution >= 0.6 is 0 Å². The van der Waals surface area contributed by atoms with Gasteiger partial charge in [-0.15, -0.1) is 0 Å². The molecule has 96 valence electrons. The Hall–Kier alpha value is -1.02. The van der Waals surface area contributed by atoms with Crippen molar-refractivity contribution in [1.82, 2.24) is 5.32 Å². The van der Waals surface area contributed by atoms with Crippen molar-refractivity contribution in [3.05, 3.63) is 29.3 Å². The molecule has 1 N–H and O–H groups in total. The number of unbranched alkanes of at least 4 members (excludes halogenated alkanes) is 1. The first-order valence-electron chi connectivity index (χ1n) is 6.60. The summed E-state index contributed by atoms with van der Waals surface area (Å²) in [5.41, 5.74) is 2.59. The van der Waals surface area contributed by atoms with Gasteiger partial charge in [0, 0.05) is 6.04 Å². The third kappa shape index (κ3) is 4.04. The third-order valence-electron chi connectivity index (χ3n) is 3.12. The molecule has 2 nitrogen and oxygen atoms in total. The molecule has 1 aromatic carbocycles. The van der Waals surface area contributed by atoms with Crippen LogP contribution in [-0.4, -0.2) is 13.7 Å². The second kappa shape index (κ2) is 7.33. The summed E-state index contributed by atoms with van der Waals surface area (Å²) in [6, 6.07) is 6.96. The highest BCUT2D eigenvalue weighted by Gasteiger charge is 2.10. The van der Waals surface area contributed by atoms with E-state index in [1.165, 1.54) is 30.4 Å². The molecule has 2 heteroatoms. The van der Waals surface area contributed by atoms with Gasteiger partial charge in [-0.2, -0.15) is 0 Å². The summed E-state index contributed by atoms with van der Waals surface area (Å²) in [7, 11) is 1.72. The fourth-order valence-corrected chi connectivity index (χ4v) is 2.16. The molecular weight excluding hydrogens is 210 g/mol. The molecule has 0 spiro atoms. The maximum Gasteiger partial charge on any atom is 0.121 e. The molecular formula is C15H25NO. The molecule has 0 bridgehead atoms. The van der Waals surface area contributed by atoms with Crippen molar-refractivity contribution < 1.29 is 4.74 Å². The number of methoxy groups -OCH3 is 1. The number of hydrogen-bond acceptors (Lipinski definition) is 2. The monoisotopic (exact) mass is 235 g/mol. The molecule has 0 aliphatic rings. The van der Waals surface area contributed by atoms with Crippen LogP contribution in [0.1, 0.15) is 50.3 Å². The standard InChI is InChI=1S/C15H25NO/c1-5-7-8-14(16-6-2)13-9-10-15(17-4)12(3)11-13/h9-11,14,16H,5-8H2,1-4H3. The van der Waals surface area contributed by atoms with Crippen molar-refractivity contribution in [2.24, 2.45) is 0 Å². The average Bonchev–Trinajstić information content (AvgIpc) is 2.34. The Labute approximate surface area is 105 Å². The van der Waals surface area contributed by atoms with Crippen LogP contribution in [0.2, 0.25) is 0 Å². The predicted octanol–water partition coefficient (Wildman–Crippen LogP) is 3.84. The molecule has 0 saturated heterocycles. The van der Waals surface area contributed by atoms with Crippen molar-refractivity contribution >= 4 is 0 Å². The maximum absolute atomic E-state index is 5.30. The molecule has 0 aliphatic heterocycles. The Bertz CT molecular complexity index is 336. The molecule has 1 atom stereocenters. The summed E-state index contributed by atoms with van der Waals surface area (Å²) in [4.78, 5) is 0. The quantitative estimate of drug-likeness (QED) is 0.775. The summed E-state index contributed by atoms with van der Waals surface area (Å²) in [6.45, 7) is 7.52. The van der Waals surface area contributed by atoms with Crippen LogP contribution in [0.5, 0.6) is 5.75 Å². The fourth-order valence-electron chi connectivity index (χ4n) is 2.16. The number of nitrogens with one attached hydrogen (secondary N) is 1. The van der Waals surface area contributed by atoms with Gasteiger partial charge in [0.2, 0.25) is 0 Å². The van der Waals surface area contributed by atoms with Gasteiger partial charge in [-0.05, 0) is 37.1 Å². The molecule has 0 radical (unpaired) electrons. The minimum atomic E-state index is 0.476. The molecule has 1 rings (SSSR count). The zero-order chi connectivity index (χ0) is 12.7. The van der Waals surface area contributed by atoms with E-state index in [1.54, 1.807) is 7.11 Å². The lowest BCUT2D eigenvalue weighted by molar-refractivity contribution is 0.410. The normalized spacial score (nSPS) is 12.5. The second-order valence-electron chi connectivity index (χ2n) is 4.48. The number of benzene rings is 1. The van der Waals surface area contributed by atoms with E-state index >= 15 is 0 Å². The maximum atomic E-state index is 5.30. The van der Waals surface area contributed by atoms with Crippen LogP contribution in [-0.2, 0) is 0 Å². The van der Waals surface area contributed by atoms with Gasteiger partial charge < -0.3 is 10.1 Å². The van der Waals surface area contributed by atoms with Gasteiger partial charge in [-0.25, -0.2) is 0 Å². The molecule has 0 aromatic heterocycles. The summed E-state index contributed by atoms with van der Waals surface area (Å²) in [5, 5.41) is 3.56. The summed E-state index contributed by atoms with van der Waals surface area (Å²) >= 11 is 0. The predicted molar refractivity (Wildman–Crippen MR) is 73.7 cm³/mol. The fraction of sp³-hybridized carbons (Fsp3) is 0.600. The highest BCUT2D eigenvalue weighted by atomic mass is 16.5. The van der Waals surface area contributed by atoms with E-state index in [-0.39, 0.29) is 0 Å². The van der Waals surface area contributed by atoms with Gasteiger partial charge in [0.15, 0.2) is 0 Å². The van der Waals surface area contributed by atoms with Crippen LogP contribution in [0.3, 0.4) is 0 Å². The van der Waals surface area contributed by atoms with Gasteiger partial charge in [-0.3, -0.25) is 0 Å². The highest BCUT2D eigenvalue weighted by molar-refractivity contribution is 5.37. The average molecular weight is 235 g/mol. The molecule has 0 heterocycles. The Morgan fingerprint density at radius 3 is 2.59 bits per heavy atom. The van der Waals surface area contributed by atoms with Crippen molar-refractivity contribution in [2.75, 3.05) is 13.7 Å². The van der Waals surface area contributed by atoms with Crippen LogP contribution in [0.15, 0.2) is 18.2 Å². The van der Waals surface area contributed by atoms with E-state index < -0.39 is 0 Å². The summed E-state index contributed by atoms with van der Waals surface area (Å²) in [5.74, 6) is 0.972. The van der Waals surface area contributed by atoms with Crippen LogP contribution in [0.4, 0.5) is 0 Å². The van der Waals surface area contributed by atoms with E-state index in [9.17, 15) is 0 Å². The molecule has 1 unspecified atom stereocenters. The van der Waals surface area contributed by atoms with Crippen molar-refractivity contribution in [3.63, 3.8) is 0 Å². The Morgan fingerprint density at radius 1 is 1.29 bits per heavy atom. The zero-order valence-electron chi connectivity index (χ0n) is 11.5. The van der Waals surface area contributed by atoms with Gasteiger partial charge >= 0.3 is 0 Å². The summed E-state index contributed by atoms with van der Waals surface area (Å²) < 4.78 is 5.30. The Kier molecular flexibility index (Phi) is 6.06. The van der Waals surface area contributed by atoms with E-state index in [4.69, 9.17) is 4.74 Å². The van der Waals surface area contributed by atoms with E-state index in [0.717, 1.165) is 12.3 Å². The SMILES string of the molecule is CCCCC(NCC)c1ccc(OC)c(C)c1. The van der Waals surface area contributed by atoms with Crippen LogP contribution in [0, 0.1) is 6.92 Å². The first-order valence-corrected chi connectivity index (χ1v) is 6.60. The molecule has 1 aromatic rings. The van der Waals surface area contributed by atoms with Crippen LogP contribution in [0.25, 0.3) is 0 Å². The Balaban J connectivity index is 2.82. The van der Waals surface area contributed by atoms with Gasteiger partial charge in [0.1, 0.15) is 5.75 Å². The lowest BCUT2D eigenvalue weighted by Gasteiger charge is -2.19. The molecule has 17 heavy (non-hydrogen) atoms. The van der Waals surface area contributed by atoms with Gasteiger partial charge in [0.05, 0.1) is 7.11 Å². The zero-order valence-corrected chi connectivity index (χ0v) is 11.5. The molecule has 0 fully saturated rings. The molecule has 0 amide bonds. The first-order chi connectivity index (χ1) is 8.22. The van der Waals surface area contributed by atoms with Crippen molar-refractivity contribution in [2.45, 2.75) is 46.1 Å². The van der Waals surface area contributed by atoms with E-state index in [2.05, 4.69) is 44.3 Å². The summed E-state index contributed by atoms with van der Waals surface area (Å²) in [6.07, 6.45) is 3.72. The lowest BCUT2D eigenvalue weighted by atomic mass is 9.99. The van der Waals surface area contributed by atoms with Crippen LogP contribution < -0.4 is 10.1 Å². The van der Waals surface area contributed by atoms with Crippen molar-refractivity contribution in [3.8, 4) is 5.75 Å². The number of aryl methyl sites for hydroxylation is 1.